The van der Waals surface area contributed by atoms with Crippen molar-refractivity contribution >= 4 is 51.9 Å². The number of amides is 2. The van der Waals surface area contributed by atoms with Crippen molar-refractivity contribution in [2.75, 3.05) is 11.5 Å². The van der Waals surface area contributed by atoms with E-state index in [-0.39, 0.29) is 41.6 Å². The number of anilines is 1. The van der Waals surface area contributed by atoms with E-state index in [4.69, 9.17) is 10.6 Å². The molecule has 15 heteroatoms. The van der Waals surface area contributed by atoms with E-state index >= 15 is 0 Å². The van der Waals surface area contributed by atoms with Crippen LogP contribution in [0.25, 0.3) is 0 Å². The smallest absolute Gasteiger partial charge is 0.352 e. The van der Waals surface area contributed by atoms with E-state index in [9.17, 15) is 24.6 Å². The van der Waals surface area contributed by atoms with Crippen LogP contribution >= 0.6 is 23.3 Å². The maximum atomic E-state index is 13.2. The molecule has 1 unspecified atom stereocenters. The number of β-lactam (4-membered cyclic amide) rings is 1. The summed E-state index contributed by atoms with van der Waals surface area (Å²) in [5.74, 6) is -2.13. The third-order valence-electron chi connectivity index (χ3n) is 6.48. The van der Waals surface area contributed by atoms with Crippen molar-refractivity contribution in [3.05, 3.63) is 47.2 Å². The Morgan fingerprint density at radius 1 is 1.34 bits per heavy atom. The molecule has 0 bridgehead atoms. The molecule has 3 aliphatic rings. The number of carboxylic acid groups (broad SMARTS) is 1. The Morgan fingerprint density at radius 3 is 2.82 bits per heavy atom. The normalized spacial score (nSPS) is 21.8. The number of carboxylic acids is 1. The summed E-state index contributed by atoms with van der Waals surface area (Å²) in [4.78, 5) is 49.3. The molecule has 1 saturated carbocycles. The first kappa shape index (κ1) is 26.1. The average Bonchev–Trinajstić information content (AvgIpc) is 3.59. The predicted molar refractivity (Wildman–Crippen MR) is 136 cm³/mol. The lowest BCUT2D eigenvalue weighted by molar-refractivity contribution is -0.689. The summed E-state index contributed by atoms with van der Waals surface area (Å²) in [7, 11) is 0. The second-order valence-electron chi connectivity index (χ2n) is 9.07. The van der Waals surface area contributed by atoms with Crippen LogP contribution in [0.15, 0.2) is 41.0 Å². The average molecular weight is 561 g/mol. The van der Waals surface area contributed by atoms with Gasteiger partial charge >= 0.3 is 5.97 Å². The van der Waals surface area contributed by atoms with Gasteiger partial charge in [-0.2, -0.15) is 9.36 Å². The highest BCUT2D eigenvalue weighted by Crippen LogP contribution is 2.40. The molecule has 13 nitrogen and oxygen atoms in total. The van der Waals surface area contributed by atoms with Crippen LogP contribution in [-0.4, -0.2) is 71.2 Å². The molecular formula is C23H26N7O6S2+. The Bertz CT molecular complexity index is 1320. The number of thioether (sulfide) groups is 1. The molecule has 2 aromatic rings. The lowest BCUT2D eigenvalue weighted by atomic mass is 10.0. The van der Waals surface area contributed by atoms with Gasteiger partial charge < -0.3 is 26.1 Å². The van der Waals surface area contributed by atoms with Crippen LogP contribution in [0.1, 0.15) is 37.1 Å². The van der Waals surface area contributed by atoms with Gasteiger partial charge in [-0.05, 0) is 31.7 Å². The Kier molecular flexibility index (Phi) is 7.58. The number of aliphatic hydroxyl groups is 1. The molecule has 4 heterocycles. The zero-order valence-corrected chi connectivity index (χ0v) is 21.8. The Balaban J connectivity index is 1.33. The minimum atomic E-state index is -1.23. The summed E-state index contributed by atoms with van der Waals surface area (Å²) in [6.45, 7) is 0.0940. The second-order valence-corrected chi connectivity index (χ2v) is 11.0. The van der Waals surface area contributed by atoms with E-state index in [1.807, 2.05) is 0 Å². The summed E-state index contributed by atoms with van der Waals surface area (Å²) in [6, 6.07) is 2.56. The molecule has 200 valence electrons. The number of nitrogens with one attached hydrogen (secondary N) is 1. The minimum Gasteiger partial charge on any atom is -0.477 e. The van der Waals surface area contributed by atoms with E-state index < -0.39 is 29.2 Å². The summed E-state index contributed by atoms with van der Waals surface area (Å²) < 4.78 is 5.82. The summed E-state index contributed by atoms with van der Waals surface area (Å²) in [5, 5.41) is 25.6. The van der Waals surface area contributed by atoms with Crippen molar-refractivity contribution in [1.29, 1.82) is 0 Å². The van der Waals surface area contributed by atoms with E-state index in [0.717, 1.165) is 37.2 Å². The molecule has 1 aliphatic carbocycles. The zero-order valence-electron chi connectivity index (χ0n) is 20.1. The number of hydrogen-bond acceptors (Lipinski definition) is 11. The molecule has 0 spiro atoms. The SMILES string of the molecule is Nc1nc(C(=NOC2CCCC2)C(=O)NC2C(=O)N3C(C(=O)O)=C(C[n+]4cccc(CO)c4)CS[C@@H]23)ns1. The van der Waals surface area contributed by atoms with Gasteiger partial charge in [-0.25, -0.2) is 9.36 Å². The van der Waals surface area contributed by atoms with Crippen LogP contribution in [0, 0.1) is 0 Å². The largest absolute Gasteiger partial charge is 0.477 e. The molecule has 5 rings (SSSR count). The number of carbonyl (C=O) groups is 3. The molecule has 5 N–H and O–H groups in total. The van der Waals surface area contributed by atoms with Gasteiger partial charge in [-0.15, -0.1) is 11.8 Å². The van der Waals surface area contributed by atoms with Gasteiger partial charge in [-0.1, -0.05) is 5.16 Å². The number of hydrogen-bond donors (Lipinski definition) is 4. The fraction of sp³-hybridized carbons (Fsp3) is 0.435. The lowest BCUT2D eigenvalue weighted by Crippen LogP contribution is -2.71. The molecule has 0 radical (unpaired) electrons. The van der Waals surface area contributed by atoms with Gasteiger partial charge in [0.25, 0.3) is 11.8 Å². The van der Waals surface area contributed by atoms with Crippen molar-refractivity contribution in [2.45, 2.75) is 56.4 Å². The molecule has 38 heavy (non-hydrogen) atoms. The molecule has 2 amide bonds. The van der Waals surface area contributed by atoms with Crippen LogP contribution in [0.5, 0.6) is 0 Å². The number of oxime groups is 1. The second kappa shape index (κ2) is 11.0. The van der Waals surface area contributed by atoms with E-state index in [1.165, 1.54) is 16.7 Å². The Hall–Kier alpha value is -3.56. The number of fused-ring (bicyclic) bond motifs is 1. The van der Waals surface area contributed by atoms with Crippen molar-refractivity contribution in [3.8, 4) is 0 Å². The maximum absolute atomic E-state index is 13.2. The number of pyridine rings is 1. The van der Waals surface area contributed by atoms with Gasteiger partial charge in [-0.3, -0.25) is 14.5 Å². The van der Waals surface area contributed by atoms with E-state index in [1.54, 1.807) is 29.1 Å². The number of nitrogen functional groups attached to an aromatic ring is 1. The van der Waals surface area contributed by atoms with Crippen molar-refractivity contribution < 1.29 is 34.0 Å². The first-order valence-electron chi connectivity index (χ1n) is 12.0. The van der Waals surface area contributed by atoms with Gasteiger partial charge in [0, 0.05) is 34.5 Å². The van der Waals surface area contributed by atoms with Gasteiger partial charge in [0.15, 0.2) is 24.1 Å². The number of aromatic nitrogens is 3. The topological polar surface area (TPSA) is 184 Å². The predicted octanol–water partition coefficient (Wildman–Crippen LogP) is 0.00220. The van der Waals surface area contributed by atoms with Gasteiger partial charge in [0.05, 0.1) is 6.61 Å². The highest BCUT2D eigenvalue weighted by atomic mass is 32.2. The quantitative estimate of drug-likeness (QED) is 0.141. The van der Waals surface area contributed by atoms with E-state index in [2.05, 4.69) is 19.8 Å². The number of nitrogens with zero attached hydrogens (tertiary/aromatic N) is 5. The highest BCUT2D eigenvalue weighted by Gasteiger charge is 2.55. The first-order valence-corrected chi connectivity index (χ1v) is 13.8. The van der Waals surface area contributed by atoms with Gasteiger partial charge in [0.2, 0.25) is 11.5 Å². The molecule has 2 aliphatic heterocycles. The van der Waals surface area contributed by atoms with Crippen LogP contribution in [0.4, 0.5) is 5.13 Å². The van der Waals surface area contributed by atoms with Crippen LogP contribution in [-0.2, 0) is 32.4 Å². The number of aliphatic carboxylic acids is 1. The molecule has 2 atom stereocenters. The summed E-state index contributed by atoms with van der Waals surface area (Å²) in [5.41, 5.74) is 6.63. The number of nitrogens with two attached hydrogens (primary N) is 1. The van der Waals surface area contributed by atoms with Crippen molar-refractivity contribution in [3.63, 3.8) is 0 Å². The molecule has 1 saturated heterocycles. The Morgan fingerprint density at radius 2 is 2.13 bits per heavy atom. The van der Waals surface area contributed by atoms with Crippen molar-refractivity contribution in [2.24, 2.45) is 5.16 Å². The van der Waals surface area contributed by atoms with Crippen LogP contribution < -0.4 is 15.6 Å². The lowest BCUT2D eigenvalue weighted by Gasteiger charge is -2.49. The first-order chi connectivity index (χ1) is 18.4. The highest BCUT2D eigenvalue weighted by molar-refractivity contribution is 8.00. The standard InChI is InChI=1S/C23H25N7O6S2/c24-23-26-18(28-38-23)15(27-36-14-5-1-2-6-14)19(32)25-16-20(33)30-17(22(34)35)13(11-37-21(16)30)9-29-7-3-4-12(8-29)10-31/h3-4,7-8,14,16,21,31H,1-2,5-6,9-11H2,(H3-,24,25,26,28,32,34,35)/p+1/t16?,21-/m0/s1. The van der Waals surface area contributed by atoms with Crippen LogP contribution in [0.3, 0.4) is 0 Å². The molecule has 2 aromatic heterocycles. The monoisotopic (exact) mass is 560 g/mol. The van der Waals surface area contributed by atoms with Crippen LogP contribution in [0.2, 0.25) is 0 Å². The maximum Gasteiger partial charge on any atom is 0.352 e. The number of aliphatic hydroxyl groups excluding tert-OH is 1. The fourth-order valence-electron chi connectivity index (χ4n) is 4.64. The minimum absolute atomic E-state index is 0.00142. The van der Waals surface area contributed by atoms with Crippen molar-refractivity contribution in [1.82, 2.24) is 19.6 Å². The zero-order chi connectivity index (χ0) is 26.8. The molecular weight excluding hydrogens is 534 g/mol. The summed E-state index contributed by atoms with van der Waals surface area (Å²) >= 11 is 2.26. The Labute approximate surface area is 225 Å². The number of carbonyl (C=O) groups excluding carboxylic acids is 2. The molecule has 0 aromatic carbocycles. The molecule has 2 fully saturated rings. The summed E-state index contributed by atoms with van der Waals surface area (Å²) in [6.07, 6.45) is 7.06. The van der Waals surface area contributed by atoms with E-state index in [0.29, 0.717) is 16.9 Å². The number of rotatable bonds is 9. The fourth-order valence-corrected chi connectivity index (χ4v) is 6.41. The third-order valence-corrected chi connectivity index (χ3v) is 8.36. The third kappa shape index (κ3) is 5.21. The van der Waals surface area contributed by atoms with Gasteiger partial charge in [0.1, 0.15) is 23.2 Å².